The Morgan fingerprint density at radius 3 is 2.69 bits per heavy atom. The minimum atomic E-state index is -1.33. The molecule has 2 saturated heterocycles. The third kappa shape index (κ3) is 4.61. The lowest BCUT2D eigenvalue weighted by molar-refractivity contribution is -0.158. The van der Waals surface area contributed by atoms with E-state index in [0.29, 0.717) is 42.3 Å². The van der Waals surface area contributed by atoms with E-state index in [1.807, 2.05) is 0 Å². The van der Waals surface area contributed by atoms with Crippen molar-refractivity contribution in [3.63, 3.8) is 0 Å². The van der Waals surface area contributed by atoms with Crippen LogP contribution in [0.4, 0.5) is 9.18 Å². The number of halogens is 1. The van der Waals surface area contributed by atoms with Gasteiger partial charge in [-0.05, 0) is 43.9 Å². The summed E-state index contributed by atoms with van der Waals surface area (Å²) in [5.74, 6) is -3.47. The minimum absolute atomic E-state index is 0.0463. The molecule has 206 valence electrons. The van der Waals surface area contributed by atoms with Crippen LogP contribution in [0.2, 0.25) is 0 Å². The summed E-state index contributed by atoms with van der Waals surface area (Å²) < 4.78 is 26.1. The number of fused-ring (bicyclic) bond motifs is 2. The van der Waals surface area contributed by atoms with Gasteiger partial charge in [0.2, 0.25) is 11.7 Å². The third-order valence-electron chi connectivity index (χ3n) is 7.71. The fraction of sp³-hybridized carbons (Fsp3) is 0.462. The highest BCUT2D eigenvalue weighted by Crippen LogP contribution is 2.50. The van der Waals surface area contributed by atoms with Crippen LogP contribution in [-0.2, 0) is 30.4 Å². The normalized spacial score (nSPS) is 20.6. The number of benzene rings is 1. The Labute approximate surface area is 223 Å². The van der Waals surface area contributed by atoms with E-state index < -0.39 is 40.8 Å². The number of carbonyl (C=O) groups excluding carboxylic acids is 4. The molecule has 0 aliphatic carbocycles. The maximum absolute atomic E-state index is 14.1. The number of ketones is 1. The van der Waals surface area contributed by atoms with Gasteiger partial charge in [0.15, 0.2) is 0 Å². The highest BCUT2D eigenvalue weighted by Gasteiger charge is 2.59. The molecule has 3 aliphatic heterocycles. The maximum atomic E-state index is 14.1. The van der Waals surface area contributed by atoms with Crippen LogP contribution in [0.3, 0.4) is 0 Å². The second-order valence-electron chi connectivity index (χ2n) is 9.80. The number of aromatic nitrogens is 3. The first-order valence-electron chi connectivity index (χ1n) is 12.7. The van der Waals surface area contributed by atoms with Crippen LogP contribution in [0.5, 0.6) is 0 Å². The molecule has 13 heteroatoms. The van der Waals surface area contributed by atoms with E-state index in [0.717, 1.165) is 0 Å². The molecule has 2 aromatic rings. The Hall–Kier alpha value is -4.29. The highest BCUT2D eigenvalue weighted by atomic mass is 19.1. The first-order valence-corrected chi connectivity index (χ1v) is 12.7. The molecule has 1 unspecified atom stereocenters. The van der Waals surface area contributed by atoms with Crippen molar-refractivity contribution in [3.05, 3.63) is 53.7 Å². The number of hydrogen-bond donors (Lipinski definition) is 1. The number of allylic oxidation sites excluding steroid dienone is 1. The molecule has 0 bridgehead atoms. The van der Waals surface area contributed by atoms with E-state index in [4.69, 9.17) is 9.47 Å². The average molecular weight is 541 g/mol. The number of methoxy groups -OCH3 is 1. The molecule has 39 heavy (non-hydrogen) atoms. The summed E-state index contributed by atoms with van der Waals surface area (Å²) in [6.45, 7) is 2.80. The fourth-order valence-electron chi connectivity index (χ4n) is 5.72. The van der Waals surface area contributed by atoms with Gasteiger partial charge in [0, 0.05) is 31.6 Å². The van der Waals surface area contributed by atoms with Crippen molar-refractivity contribution in [2.75, 3.05) is 33.4 Å². The molecule has 3 aliphatic rings. The molecule has 1 atom stereocenters. The van der Waals surface area contributed by atoms with E-state index in [1.54, 1.807) is 6.92 Å². The number of ether oxygens (including phenoxy) is 2. The molecule has 1 N–H and O–H groups in total. The van der Waals surface area contributed by atoms with Crippen molar-refractivity contribution in [2.24, 2.45) is 11.3 Å². The molecule has 1 spiro atoms. The lowest BCUT2D eigenvalue weighted by Gasteiger charge is -2.50. The second-order valence-corrected chi connectivity index (χ2v) is 9.80. The number of amides is 3. The second kappa shape index (κ2) is 10.5. The fourth-order valence-corrected chi connectivity index (χ4v) is 5.72. The summed E-state index contributed by atoms with van der Waals surface area (Å²) in [4.78, 5) is 59.7. The lowest BCUT2D eigenvalue weighted by Crippen LogP contribution is -2.62. The summed E-state index contributed by atoms with van der Waals surface area (Å²) in [5, 5.41) is 6.94. The topological polar surface area (TPSA) is 136 Å². The molecule has 0 radical (unpaired) electrons. The maximum Gasteiger partial charge on any atom is 0.409 e. The van der Waals surface area contributed by atoms with Crippen molar-refractivity contribution in [1.29, 1.82) is 0 Å². The van der Waals surface area contributed by atoms with Crippen molar-refractivity contribution in [1.82, 2.24) is 29.9 Å². The molecular weight excluding hydrogens is 511 g/mol. The number of nitrogens with one attached hydrogen (secondary N) is 1. The monoisotopic (exact) mass is 540 g/mol. The number of rotatable bonds is 4. The van der Waals surface area contributed by atoms with Crippen molar-refractivity contribution < 1.29 is 33.0 Å². The van der Waals surface area contributed by atoms with Gasteiger partial charge in [-0.2, -0.15) is 5.10 Å². The lowest BCUT2D eigenvalue weighted by atomic mass is 9.62. The smallest absolute Gasteiger partial charge is 0.409 e. The van der Waals surface area contributed by atoms with Crippen LogP contribution in [0, 0.1) is 24.1 Å². The standard InChI is InChI=1S/C26H29FN6O6/c1-16-29-15-30-33(16)19-12-18(27)5-4-17(19)13-28-23(35)21-22(34)24(36)32-8-3-11-39-14-20(32)26(21)6-9-31(10-7-26)25(37)38-2/h4-5,12,14-15,21H,3,6-11,13H2,1-2H3,(H,28,35). The zero-order chi connectivity index (χ0) is 27.7. The van der Waals surface area contributed by atoms with Crippen LogP contribution in [-0.4, -0.2) is 81.6 Å². The molecular formula is C26H29FN6O6. The Morgan fingerprint density at radius 1 is 1.23 bits per heavy atom. The largest absolute Gasteiger partial charge is 0.499 e. The highest BCUT2D eigenvalue weighted by molar-refractivity contribution is 6.42. The summed E-state index contributed by atoms with van der Waals surface area (Å²) in [6, 6.07) is 4.07. The van der Waals surface area contributed by atoms with Crippen LogP contribution in [0.25, 0.3) is 5.69 Å². The SMILES string of the molecule is COC(=O)N1CCC2(CC1)C1=COCCCN1C(=O)C(=O)C2C(=O)NCc1ccc(F)cc1-n1ncnc1C. The Morgan fingerprint density at radius 2 is 2.00 bits per heavy atom. The van der Waals surface area contributed by atoms with E-state index in [1.165, 1.54) is 52.4 Å². The van der Waals surface area contributed by atoms with Crippen LogP contribution < -0.4 is 5.32 Å². The van der Waals surface area contributed by atoms with Gasteiger partial charge in [0.1, 0.15) is 30.1 Å². The van der Waals surface area contributed by atoms with Crippen LogP contribution in [0.1, 0.15) is 30.7 Å². The number of aryl methyl sites for hydroxylation is 1. The number of likely N-dealkylation sites (tertiary alicyclic amines) is 1. The molecule has 0 saturated carbocycles. The third-order valence-corrected chi connectivity index (χ3v) is 7.71. The number of piperidine rings is 2. The van der Waals surface area contributed by atoms with Crippen molar-refractivity contribution in [3.8, 4) is 5.69 Å². The van der Waals surface area contributed by atoms with Gasteiger partial charge in [-0.25, -0.2) is 18.9 Å². The van der Waals surface area contributed by atoms with Crippen molar-refractivity contribution >= 4 is 23.7 Å². The summed E-state index contributed by atoms with van der Waals surface area (Å²) in [5.41, 5.74) is 0.359. The molecule has 3 amide bonds. The van der Waals surface area contributed by atoms with E-state index in [-0.39, 0.29) is 32.5 Å². The molecule has 5 rings (SSSR count). The van der Waals surface area contributed by atoms with Crippen LogP contribution >= 0.6 is 0 Å². The van der Waals surface area contributed by atoms with Gasteiger partial charge in [-0.1, -0.05) is 6.07 Å². The van der Waals surface area contributed by atoms with Gasteiger partial charge >= 0.3 is 6.09 Å². The number of Topliss-reactive ketones (excluding diaryl/α,β-unsaturated/α-hetero) is 1. The number of nitrogens with zero attached hydrogens (tertiary/aromatic N) is 5. The summed E-state index contributed by atoms with van der Waals surface area (Å²) >= 11 is 0. The molecule has 2 fully saturated rings. The molecule has 1 aromatic carbocycles. The van der Waals surface area contributed by atoms with Gasteiger partial charge < -0.3 is 24.6 Å². The van der Waals surface area contributed by atoms with Crippen molar-refractivity contribution in [2.45, 2.75) is 32.7 Å². The van der Waals surface area contributed by atoms with E-state index in [2.05, 4.69) is 15.4 Å². The van der Waals surface area contributed by atoms with Gasteiger partial charge in [-0.3, -0.25) is 14.4 Å². The number of hydrogen-bond acceptors (Lipinski definition) is 8. The van der Waals surface area contributed by atoms with Crippen LogP contribution in [0.15, 0.2) is 36.5 Å². The zero-order valence-electron chi connectivity index (χ0n) is 21.7. The molecule has 12 nitrogen and oxygen atoms in total. The Bertz CT molecular complexity index is 1350. The number of carbonyl (C=O) groups is 4. The van der Waals surface area contributed by atoms with Gasteiger partial charge in [0.05, 0.1) is 25.1 Å². The Balaban J connectivity index is 1.46. The van der Waals surface area contributed by atoms with E-state index in [9.17, 15) is 23.6 Å². The van der Waals surface area contributed by atoms with Gasteiger partial charge in [-0.15, -0.1) is 0 Å². The summed E-state index contributed by atoms with van der Waals surface area (Å²) in [7, 11) is 1.29. The Kier molecular flexibility index (Phi) is 7.06. The molecule has 4 heterocycles. The average Bonchev–Trinajstić information content (AvgIpc) is 3.20. The molecule has 1 aromatic heterocycles. The van der Waals surface area contributed by atoms with Gasteiger partial charge in [0.25, 0.3) is 5.91 Å². The minimum Gasteiger partial charge on any atom is -0.499 e. The summed E-state index contributed by atoms with van der Waals surface area (Å²) in [6.07, 6.45) is 3.37. The first kappa shape index (κ1) is 26.3. The van der Waals surface area contributed by atoms with E-state index >= 15 is 0 Å². The zero-order valence-corrected chi connectivity index (χ0v) is 21.7. The first-order chi connectivity index (χ1) is 18.8. The predicted molar refractivity (Wildman–Crippen MR) is 132 cm³/mol. The predicted octanol–water partition coefficient (Wildman–Crippen LogP) is 1.47. The quantitative estimate of drug-likeness (QED) is 0.455.